The van der Waals surface area contributed by atoms with Gasteiger partial charge in [0, 0.05) is 24.7 Å². The molecular weight excluding hydrogens is 445 g/mol. The van der Waals surface area contributed by atoms with Crippen LogP contribution in [0, 0.1) is 6.92 Å². The van der Waals surface area contributed by atoms with E-state index >= 15 is 0 Å². The number of aryl methyl sites for hydroxylation is 1. The van der Waals surface area contributed by atoms with Crippen LogP contribution in [-0.4, -0.2) is 60.6 Å². The molecule has 6 rings (SSSR count). The number of hydrogen-bond acceptors (Lipinski definition) is 7. The van der Waals surface area contributed by atoms with Crippen LogP contribution < -0.4 is 10.2 Å². The first-order chi connectivity index (χ1) is 16.8. The van der Waals surface area contributed by atoms with Crippen molar-refractivity contribution in [2.24, 2.45) is 0 Å². The number of hydrogen-bond donors (Lipinski definition) is 2. The molecule has 1 aliphatic carbocycles. The van der Waals surface area contributed by atoms with E-state index in [1.165, 1.54) is 0 Å². The Labute approximate surface area is 203 Å². The Morgan fingerprint density at radius 3 is 2.51 bits per heavy atom. The van der Waals surface area contributed by atoms with Gasteiger partial charge in [0.15, 0.2) is 5.65 Å². The van der Waals surface area contributed by atoms with Gasteiger partial charge in [-0.15, -0.1) is 0 Å². The highest BCUT2D eigenvalue weighted by atomic mass is 19.1. The maximum absolute atomic E-state index is 14.0. The highest BCUT2D eigenvalue weighted by Gasteiger charge is 2.30. The Hall–Kier alpha value is -3.33. The molecule has 4 heterocycles. The molecule has 8 nitrogen and oxygen atoms in total. The van der Waals surface area contributed by atoms with Gasteiger partial charge in [0.25, 0.3) is 0 Å². The van der Waals surface area contributed by atoms with Gasteiger partial charge in [-0.25, -0.2) is 19.3 Å². The lowest BCUT2D eigenvalue weighted by Crippen LogP contribution is -2.36. The number of aliphatic hydroxyl groups is 1. The zero-order valence-corrected chi connectivity index (χ0v) is 20.1. The van der Waals surface area contributed by atoms with Gasteiger partial charge in [0.05, 0.1) is 28.9 Å². The van der Waals surface area contributed by atoms with Crippen LogP contribution in [0.3, 0.4) is 0 Å². The molecule has 1 aromatic carbocycles. The molecule has 0 spiro atoms. The van der Waals surface area contributed by atoms with E-state index in [2.05, 4.69) is 5.32 Å². The van der Waals surface area contributed by atoms with Crippen molar-refractivity contribution in [2.75, 3.05) is 23.3 Å². The molecule has 9 heteroatoms. The van der Waals surface area contributed by atoms with Crippen LogP contribution in [0.25, 0.3) is 28.1 Å². The zero-order valence-electron chi connectivity index (χ0n) is 20.1. The summed E-state index contributed by atoms with van der Waals surface area (Å²) in [6.45, 7) is 4.84. The molecule has 0 bridgehead atoms. The van der Waals surface area contributed by atoms with E-state index in [1.807, 2.05) is 59.7 Å². The first-order valence-electron chi connectivity index (χ1n) is 12.4. The Morgan fingerprint density at radius 1 is 1.06 bits per heavy atom. The summed E-state index contributed by atoms with van der Waals surface area (Å²) in [7, 11) is 0. The largest absolute Gasteiger partial charge is 0.390 e. The van der Waals surface area contributed by atoms with Crippen LogP contribution >= 0.6 is 0 Å². The summed E-state index contributed by atoms with van der Waals surface area (Å²) in [4.78, 5) is 16.4. The number of aromatic nitrogens is 5. The molecule has 1 aliphatic heterocycles. The average Bonchev–Trinajstić information content (AvgIpc) is 3.46. The lowest BCUT2D eigenvalue weighted by Gasteiger charge is -2.34. The molecule has 3 aromatic heterocycles. The van der Waals surface area contributed by atoms with E-state index in [4.69, 9.17) is 20.1 Å². The Bertz CT molecular complexity index is 1390. The summed E-state index contributed by atoms with van der Waals surface area (Å²) in [5, 5.41) is 18.9. The second-order valence-electron chi connectivity index (χ2n) is 10.2. The maximum atomic E-state index is 14.0. The summed E-state index contributed by atoms with van der Waals surface area (Å²) in [6, 6.07) is 11.9. The third-order valence-electron chi connectivity index (χ3n) is 7.27. The quantitative estimate of drug-likeness (QED) is 0.455. The van der Waals surface area contributed by atoms with E-state index < -0.39 is 11.8 Å². The number of fused-ring (bicyclic) bond motifs is 2. The van der Waals surface area contributed by atoms with Gasteiger partial charge < -0.3 is 15.3 Å². The van der Waals surface area contributed by atoms with Crippen LogP contribution in [0.2, 0.25) is 0 Å². The molecule has 0 unspecified atom stereocenters. The predicted molar refractivity (Wildman–Crippen MR) is 134 cm³/mol. The highest BCUT2D eigenvalue weighted by molar-refractivity contribution is 5.78. The normalized spacial score (nSPS) is 25.0. The van der Waals surface area contributed by atoms with Gasteiger partial charge in [-0.1, -0.05) is 12.1 Å². The van der Waals surface area contributed by atoms with E-state index in [9.17, 15) is 9.50 Å². The molecule has 35 heavy (non-hydrogen) atoms. The van der Waals surface area contributed by atoms with Crippen LogP contribution in [0.5, 0.6) is 0 Å². The van der Waals surface area contributed by atoms with Crippen molar-refractivity contribution in [2.45, 2.75) is 63.8 Å². The number of para-hydroxylation sites is 2. The molecule has 0 amide bonds. The van der Waals surface area contributed by atoms with Crippen molar-refractivity contribution in [3.8, 4) is 11.4 Å². The molecule has 2 fully saturated rings. The molecule has 1 atom stereocenters. The third-order valence-corrected chi connectivity index (χ3v) is 7.27. The van der Waals surface area contributed by atoms with E-state index in [0.717, 1.165) is 59.7 Å². The first kappa shape index (κ1) is 22.2. The molecule has 0 radical (unpaired) electrons. The van der Waals surface area contributed by atoms with Crippen molar-refractivity contribution in [1.82, 2.24) is 24.6 Å². The van der Waals surface area contributed by atoms with Crippen molar-refractivity contribution in [3.63, 3.8) is 0 Å². The fourth-order valence-electron chi connectivity index (χ4n) is 5.19. The molecule has 182 valence electrons. The van der Waals surface area contributed by atoms with Crippen molar-refractivity contribution in [3.05, 3.63) is 42.1 Å². The third kappa shape index (κ3) is 4.29. The standard InChI is InChI=1S/C26H30FN7O/c1-16-25(30-20-6-4-3-5-19(20)28-16)21-13-23-31-22(33-12-9-17(27)15-33)14-24(34(23)32-21)29-18-7-10-26(2,35)11-8-18/h3-6,13-14,17-18,29,35H,7-12,15H2,1-2H3/t17-,18-,26-/m1/s1. The molecule has 2 aliphatic rings. The lowest BCUT2D eigenvalue weighted by atomic mass is 9.84. The van der Waals surface area contributed by atoms with Gasteiger partial charge in [-0.2, -0.15) is 9.61 Å². The van der Waals surface area contributed by atoms with Crippen LogP contribution in [-0.2, 0) is 0 Å². The first-order valence-corrected chi connectivity index (χ1v) is 12.4. The SMILES string of the molecule is Cc1nc2ccccc2nc1-c1cc2nc(N3CC[C@@H](F)C3)cc(N[C@H]3CC[C@](C)(O)CC3)n2n1. The average molecular weight is 476 g/mol. The molecular formula is C26H30FN7O. The summed E-state index contributed by atoms with van der Waals surface area (Å²) in [5.41, 5.74) is 3.97. The summed E-state index contributed by atoms with van der Waals surface area (Å²) in [5.74, 6) is 1.56. The van der Waals surface area contributed by atoms with Crippen LogP contribution in [0.1, 0.15) is 44.7 Å². The van der Waals surface area contributed by atoms with Crippen molar-refractivity contribution >= 4 is 28.3 Å². The van der Waals surface area contributed by atoms with Crippen molar-refractivity contribution < 1.29 is 9.50 Å². The minimum Gasteiger partial charge on any atom is -0.390 e. The summed E-state index contributed by atoms with van der Waals surface area (Å²) in [6.07, 6.45) is 2.91. The Kier molecular flexibility index (Phi) is 5.32. The number of halogens is 1. The monoisotopic (exact) mass is 475 g/mol. The molecule has 1 saturated carbocycles. The number of nitrogens with zero attached hydrogens (tertiary/aromatic N) is 6. The molecule has 1 saturated heterocycles. The second kappa shape index (κ2) is 8.41. The number of nitrogens with one attached hydrogen (secondary N) is 1. The Balaban J connectivity index is 1.42. The number of alkyl halides is 1. The topological polar surface area (TPSA) is 91.5 Å². The zero-order chi connectivity index (χ0) is 24.2. The summed E-state index contributed by atoms with van der Waals surface area (Å²) < 4.78 is 15.8. The van der Waals surface area contributed by atoms with Gasteiger partial charge in [-0.05, 0) is 58.1 Å². The number of anilines is 2. The minimum absolute atomic E-state index is 0.219. The number of benzene rings is 1. The van der Waals surface area contributed by atoms with Crippen molar-refractivity contribution in [1.29, 1.82) is 0 Å². The molecule has 2 N–H and O–H groups in total. The predicted octanol–water partition coefficient (Wildman–Crippen LogP) is 4.30. The smallest absolute Gasteiger partial charge is 0.160 e. The summed E-state index contributed by atoms with van der Waals surface area (Å²) >= 11 is 0. The fraction of sp³-hybridized carbons (Fsp3) is 0.462. The second-order valence-corrected chi connectivity index (χ2v) is 10.2. The molecule has 4 aromatic rings. The van der Waals surface area contributed by atoms with E-state index in [1.54, 1.807) is 0 Å². The lowest BCUT2D eigenvalue weighted by molar-refractivity contribution is 0.0196. The van der Waals surface area contributed by atoms with E-state index in [0.29, 0.717) is 30.9 Å². The van der Waals surface area contributed by atoms with Gasteiger partial charge in [0.1, 0.15) is 29.2 Å². The van der Waals surface area contributed by atoms with E-state index in [-0.39, 0.29) is 6.04 Å². The Morgan fingerprint density at radius 2 is 1.80 bits per heavy atom. The number of rotatable bonds is 4. The van der Waals surface area contributed by atoms with Crippen LogP contribution in [0.4, 0.5) is 16.0 Å². The minimum atomic E-state index is -0.832. The van der Waals surface area contributed by atoms with Gasteiger partial charge in [-0.3, -0.25) is 0 Å². The van der Waals surface area contributed by atoms with Crippen LogP contribution in [0.15, 0.2) is 36.4 Å². The van der Waals surface area contributed by atoms with Gasteiger partial charge in [0.2, 0.25) is 0 Å². The maximum Gasteiger partial charge on any atom is 0.160 e. The highest BCUT2D eigenvalue weighted by Crippen LogP contribution is 2.32. The van der Waals surface area contributed by atoms with Gasteiger partial charge >= 0.3 is 0 Å². The fourth-order valence-corrected chi connectivity index (χ4v) is 5.19.